The number of carbonyl (C=O) groups is 3. The zero-order chi connectivity index (χ0) is 32.2. The maximum atomic E-state index is 14.5. The van der Waals surface area contributed by atoms with Crippen LogP contribution in [0.2, 0.25) is 5.02 Å². The molecule has 6 rings (SSSR count). The molecule has 3 N–H and O–H groups in total. The Morgan fingerprint density at radius 1 is 1.04 bits per heavy atom. The fourth-order valence-corrected chi connectivity index (χ4v) is 7.00. The largest absolute Gasteiger partial charge is 0.497 e. The molecule has 0 aliphatic carbocycles. The highest BCUT2D eigenvalue weighted by Crippen LogP contribution is 2.33. The number of rotatable bonds is 9. The number of benzene rings is 3. The summed E-state index contributed by atoms with van der Waals surface area (Å²) in [5.74, 6) is 0.233. The van der Waals surface area contributed by atoms with Crippen LogP contribution < -0.4 is 20.3 Å². The van der Waals surface area contributed by atoms with Gasteiger partial charge in [0.15, 0.2) is 0 Å². The number of aromatic nitrogens is 1. The molecule has 2 atom stereocenters. The van der Waals surface area contributed by atoms with Gasteiger partial charge in [0.25, 0.3) is 5.91 Å². The van der Waals surface area contributed by atoms with Crippen molar-refractivity contribution in [2.45, 2.75) is 31.7 Å². The second kappa shape index (κ2) is 14.0. The van der Waals surface area contributed by atoms with Crippen LogP contribution >= 0.6 is 11.6 Å². The number of piperidine rings is 1. The lowest BCUT2D eigenvalue weighted by Crippen LogP contribution is -2.54. The van der Waals surface area contributed by atoms with Crippen LogP contribution in [-0.2, 0) is 22.4 Å². The summed E-state index contributed by atoms with van der Waals surface area (Å²) in [6.45, 7) is 2.23. The van der Waals surface area contributed by atoms with Crippen LogP contribution in [-0.4, -0.2) is 74.0 Å². The molecule has 4 aromatic rings. The Morgan fingerprint density at radius 2 is 1.80 bits per heavy atom. The fraction of sp³-hybridized carbons (Fsp3) is 0.361. The van der Waals surface area contributed by atoms with Crippen molar-refractivity contribution < 1.29 is 19.1 Å². The molecule has 10 heteroatoms. The number of hydrogen-bond donors (Lipinski definition) is 3. The predicted molar refractivity (Wildman–Crippen MR) is 180 cm³/mol. The van der Waals surface area contributed by atoms with E-state index in [1.54, 1.807) is 36.3 Å². The van der Waals surface area contributed by atoms with E-state index in [0.717, 1.165) is 40.7 Å². The van der Waals surface area contributed by atoms with Gasteiger partial charge in [0, 0.05) is 65.3 Å². The van der Waals surface area contributed by atoms with Crippen LogP contribution in [0, 0.1) is 11.8 Å². The number of methoxy groups -OCH3 is 1. The number of nitrogens with one attached hydrogen (secondary N) is 3. The summed E-state index contributed by atoms with van der Waals surface area (Å²) in [4.78, 5) is 48.4. The highest BCUT2D eigenvalue weighted by molar-refractivity contribution is 6.30. The number of anilines is 1. The lowest BCUT2D eigenvalue weighted by Gasteiger charge is -2.37. The van der Waals surface area contributed by atoms with Gasteiger partial charge in [0.1, 0.15) is 11.8 Å². The lowest BCUT2D eigenvalue weighted by atomic mass is 9.91. The highest BCUT2D eigenvalue weighted by atomic mass is 35.5. The molecule has 1 saturated heterocycles. The van der Waals surface area contributed by atoms with E-state index in [4.69, 9.17) is 16.3 Å². The SMILES string of the molecule is CNCC1Cc2cc(Cl)ccc2N(C(=O)[C@@H](Cc2c[nH]c3ccccc23)NC(=O)C2CCN(C(=O)c3ccc(OC)cc3)CC2)C1. The molecular formula is C36H40ClN5O4. The Bertz CT molecular complexity index is 1710. The minimum absolute atomic E-state index is 0.0612. The van der Waals surface area contributed by atoms with E-state index >= 15 is 0 Å². The number of amides is 3. The van der Waals surface area contributed by atoms with Gasteiger partial charge in [-0.25, -0.2) is 0 Å². The smallest absolute Gasteiger partial charge is 0.253 e. The summed E-state index contributed by atoms with van der Waals surface area (Å²) >= 11 is 6.36. The Balaban J connectivity index is 1.21. The number of fused-ring (bicyclic) bond motifs is 2. The molecule has 2 aliphatic heterocycles. The second-order valence-electron chi connectivity index (χ2n) is 12.3. The predicted octanol–water partition coefficient (Wildman–Crippen LogP) is 4.83. The fourth-order valence-electron chi connectivity index (χ4n) is 6.81. The van der Waals surface area contributed by atoms with E-state index in [1.807, 2.05) is 60.6 Å². The monoisotopic (exact) mass is 641 g/mol. The Morgan fingerprint density at radius 3 is 2.54 bits per heavy atom. The number of H-pyrrole nitrogens is 1. The highest BCUT2D eigenvalue weighted by Gasteiger charge is 2.36. The van der Waals surface area contributed by atoms with Crippen molar-refractivity contribution in [1.29, 1.82) is 0 Å². The van der Waals surface area contributed by atoms with Gasteiger partial charge in [-0.05, 0) is 98.4 Å². The van der Waals surface area contributed by atoms with Crippen LogP contribution in [0.3, 0.4) is 0 Å². The van der Waals surface area contributed by atoms with Gasteiger partial charge in [-0.15, -0.1) is 0 Å². The molecule has 0 saturated carbocycles. The minimum atomic E-state index is -0.775. The van der Waals surface area contributed by atoms with Crippen LogP contribution in [0.5, 0.6) is 5.75 Å². The average Bonchev–Trinajstić information content (AvgIpc) is 3.49. The van der Waals surface area contributed by atoms with Crippen molar-refractivity contribution in [3.63, 3.8) is 0 Å². The quantitative estimate of drug-likeness (QED) is 0.243. The van der Waals surface area contributed by atoms with Gasteiger partial charge in [0.05, 0.1) is 7.11 Å². The number of halogens is 1. The number of ether oxygens (including phenoxy) is 1. The molecular weight excluding hydrogens is 602 g/mol. The molecule has 1 unspecified atom stereocenters. The van der Waals surface area contributed by atoms with Gasteiger partial charge in [0.2, 0.25) is 11.8 Å². The first kappa shape index (κ1) is 31.6. The average molecular weight is 642 g/mol. The Kier molecular flexibility index (Phi) is 9.61. The molecule has 1 aromatic heterocycles. The molecule has 3 aromatic carbocycles. The third-order valence-corrected chi connectivity index (χ3v) is 9.48. The summed E-state index contributed by atoms with van der Waals surface area (Å²) in [5.41, 5.74) is 4.40. The molecule has 240 valence electrons. The molecule has 0 radical (unpaired) electrons. The molecule has 1 fully saturated rings. The van der Waals surface area contributed by atoms with Crippen molar-refractivity contribution in [3.8, 4) is 5.75 Å². The standard InChI is InChI=1S/C36H40ClN5O4/c1-38-20-23-17-26-18-28(37)9-12-33(26)42(22-23)36(45)32(19-27-21-39-31-6-4-3-5-30(27)31)40-34(43)24-13-15-41(16-14-24)35(44)25-7-10-29(46-2)11-8-25/h3-12,18,21,23-24,32,38-39H,13-17,19-20,22H2,1-2H3,(H,40,43)/t23?,32-/m1/s1. The molecule has 0 bridgehead atoms. The van der Waals surface area contributed by atoms with Gasteiger partial charge < -0.3 is 30.2 Å². The Hall–Kier alpha value is -4.34. The number of para-hydroxylation sites is 1. The van der Waals surface area contributed by atoms with E-state index < -0.39 is 6.04 Å². The van der Waals surface area contributed by atoms with Gasteiger partial charge >= 0.3 is 0 Å². The first-order chi connectivity index (χ1) is 22.3. The van der Waals surface area contributed by atoms with Crippen molar-refractivity contribution in [2.75, 3.05) is 45.2 Å². The second-order valence-corrected chi connectivity index (χ2v) is 12.7. The van der Waals surface area contributed by atoms with E-state index in [9.17, 15) is 14.4 Å². The zero-order valence-electron chi connectivity index (χ0n) is 26.2. The first-order valence-electron chi connectivity index (χ1n) is 15.9. The van der Waals surface area contributed by atoms with E-state index in [0.29, 0.717) is 55.2 Å². The summed E-state index contributed by atoms with van der Waals surface area (Å²) in [6, 6.07) is 19.9. The van der Waals surface area contributed by atoms with Crippen LogP contribution in [0.1, 0.15) is 34.3 Å². The minimum Gasteiger partial charge on any atom is -0.497 e. The molecule has 3 amide bonds. The topological polar surface area (TPSA) is 107 Å². The van der Waals surface area contributed by atoms with Crippen LogP contribution in [0.25, 0.3) is 10.9 Å². The van der Waals surface area contributed by atoms with E-state index in [-0.39, 0.29) is 29.6 Å². The zero-order valence-corrected chi connectivity index (χ0v) is 27.0. The third-order valence-electron chi connectivity index (χ3n) is 9.24. The normalized spacial score (nSPS) is 17.4. The molecule has 9 nitrogen and oxygen atoms in total. The van der Waals surface area contributed by atoms with Crippen molar-refractivity contribution in [3.05, 3.63) is 94.6 Å². The Labute approximate surface area is 274 Å². The lowest BCUT2D eigenvalue weighted by molar-refractivity contribution is -0.131. The van der Waals surface area contributed by atoms with Crippen LogP contribution in [0.4, 0.5) is 5.69 Å². The number of hydrogen-bond acceptors (Lipinski definition) is 5. The number of likely N-dealkylation sites (tertiary alicyclic amines) is 1. The number of nitrogens with zero attached hydrogens (tertiary/aromatic N) is 2. The van der Waals surface area contributed by atoms with E-state index in [2.05, 4.69) is 15.6 Å². The maximum Gasteiger partial charge on any atom is 0.253 e. The summed E-state index contributed by atoms with van der Waals surface area (Å²) in [7, 11) is 3.50. The summed E-state index contributed by atoms with van der Waals surface area (Å²) in [5, 5.41) is 8.08. The van der Waals surface area contributed by atoms with Gasteiger partial charge in [-0.2, -0.15) is 0 Å². The van der Waals surface area contributed by atoms with Crippen LogP contribution in [0.15, 0.2) is 72.9 Å². The van der Waals surface area contributed by atoms with Crippen molar-refractivity contribution in [1.82, 2.24) is 20.5 Å². The molecule has 0 spiro atoms. The maximum absolute atomic E-state index is 14.5. The summed E-state index contributed by atoms with van der Waals surface area (Å²) < 4.78 is 5.21. The van der Waals surface area contributed by atoms with Gasteiger partial charge in [-0.1, -0.05) is 29.8 Å². The van der Waals surface area contributed by atoms with E-state index in [1.165, 1.54) is 0 Å². The third kappa shape index (κ3) is 6.76. The first-order valence-corrected chi connectivity index (χ1v) is 16.3. The molecule has 3 heterocycles. The van der Waals surface area contributed by atoms with Gasteiger partial charge in [-0.3, -0.25) is 14.4 Å². The number of aromatic amines is 1. The number of carbonyl (C=O) groups excluding carboxylic acids is 3. The van der Waals surface area contributed by atoms with Crippen molar-refractivity contribution in [2.24, 2.45) is 11.8 Å². The molecule has 2 aliphatic rings. The van der Waals surface area contributed by atoms with Crippen molar-refractivity contribution >= 4 is 45.9 Å². The summed E-state index contributed by atoms with van der Waals surface area (Å²) in [6.07, 6.45) is 4.13. The molecule has 46 heavy (non-hydrogen) atoms.